The SMILES string of the molecule is CC1CCCC1NCCc1ccc(S(N)(=O)=O)cc1. The van der Waals surface area contributed by atoms with Gasteiger partial charge in [-0.2, -0.15) is 0 Å². The second-order valence-electron chi connectivity index (χ2n) is 5.41. The maximum Gasteiger partial charge on any atom is 0.238 e. The van der Waals surface area contributed by atoms with E-state index in [2.05, 4.69) is 12.2 Å². The van der Waals surface area contributed by atoms with Crippen LogP contribution in [-0.4, -0.2) is 21.0 Å². The van der Waals surface area contributed by atoms with Gasteiger partial charge in [-0.1, -0.05) is 25.5 Å². The summed E-state index contributed by atoms with van der Waals surface area (Å²) in [7, 11) is -3.58. The third kappa shape index (κ3) is 4.03. The number of nitrogens with two attached hydrogens (primary N) is 1. The average molecular weight is 282 g/mol. The lowest BCUT2D eigenvalue weighted by Gasteiger charge is -2.17. The zero-order chi connectivity index (χ0) is 13.9. The molecule has 1 aliphatic carbocycles. The van der Waals surface area contributed by atoms with Gasteiger partial charge in [-0.3, -0.25) is 0 Å². The normalized spacial score (nSPS) is 23.7. The van der Waals surface area contributed by atoms with E-state index in [0.717, 1.165) is 24.4 Å². The molecule has 1 aromatic carbocycles. The van der Waals surface area contributed by atoms with Crippen molar-refractivity contribution in [2.75, 3.05) is 6.54 Å². The minimum Gasteiger partial charge on any atom is -0.313 e. The van der Waals surface area contributed by atoms with Crippen molar-refractivity contribution in [2.45, 2.75) is 43.5 Å². The van der Waals surface area contributed by atoms with E-state index in [1.54, 1.807) is 12.1 Å². The highest BCUT2D eigenvalue weighted by Crippen LogP contribution is 2.24. The van der Waals surface area contributed by atoms with Gasteiger partial charge in [0.1, 0.15) is 0 Å². The third-order valence-corrected chi connectivity index (χ3v) is 4.86. The molecule has 0 aliphatic heterocycles. The maximum atomic E-state index is 11.1. The summed E-state index contributed by atoms with van der Waals surface area (Å²) in [4.78, 5) is 0.175. The predicted octanol–water partition coefficient (Wildman–Crippen LogP) is 1.65. The first kappa shape index (κ1) is 14.5. The fraction of sp³-hybridized carbons (Fsp3) is 0.571. The van der Waals surface area contributed by atoms with E-state index < -0.39 is 10.0 Å². The molecule has 0 bridgehead atoms. The molecule has 5 heteroatoms. The lowest BCUT2D eigenvalue weighted by atomic mass is 10.1. The van der Waals surface area contributed by atoms with E-state index in [4.69, 9.17) is 5.14 Å². The molecule has 0 saturated heterocycles. The minimum absolute atomic E-state index is 0.175. The molecule has 0 radical (unpaired) electrons. The van der Waals surface area contributed by atoms with Crippen molar-refractivity contribution in [3.63, 3.8) is 0 Å². The molecule has 106 valence electrons. The fourth-order valence-corrected chi connectivity index (χ4v) is 3.21. The molecule has 0 aromatic heterocycles. The van der Waals surface area contributed by atoms with Crippen molar-refractivity contribution in [2.24, 2.45) is 11.1 Å². The molecule has 2 rings (SSSR count). The van der Waals surface area contributed by atoms with Crippen LogP contribution in [0.15, 0.2) is 29.2 Å². The first-order chi connectivity index (χ1) is 8.97. The summed E-state index contributed by atoms with van der Waals surface area (Å²) in [6, 6.07) is 7.45. The van der Waals surface area contributed by atoms with Crippen LogP contribution in [-0.2, 0) is 16.4 Å². The van der Waals surface area contributed by atoms with Gasteiger partial charge in [-0.05, 0) is 49.4 Å². The molecule has 1 saturated carbocycles. The summed E-state index contributed by atoms with van der Waals surface area (Å²) in [5.41, 5.74) is 1.13. The Labute approximate surface area is 115 Å². The van der Waals surface area contributed by atoms with Crippen LogP contribution in [0.25, 0.3) is 0 Å². The van der Waals surface area contributed by atoms with Crippen LogP contribution >= 0.6 is 0 Å². The highest BCUT2D eigenvalue weighted by molar-refractivity contribution is 7.89. The molecular weight excluding hydrogens is 260 g/mol. The molecule has 0 heterocycles. The van der Waals surface area contributed by atoms with Crippen LogP contribution in [0.3, 0.4) is 0 Å². The Morgan fingerprint density at radius 1 is 1.26 bits per heavy atom. The van der Waals surface area contributed by atoms with Gasteiger partial charge in [0.05, 0.1) is 4.90 Å². The van der Waals surface area contributed by atoms with Crippen LogP contribution in [0, 0.1) is 5.92 Å². The Hall–Kier alpha value is -0.910. The van der Waals surface area contributed by atoms with Crippen LogP contribution < -0.4 is 10.5 Å². The molecule has 3 N–H and O–H groups in total. The highest BCUT2D eigenvalue weighted by atomic mass is 32.2. The summed E-state index contributed by atoms with van der Waals surface area (Å²) < 4.78 is 22.3. The van der Waals surface area contributed by atoms with E-state index in [1.807, 2.05) is 12.1 Å². The van der Waals surface area contributed by atoms with Gasteiger partial charge < -0.3 is 5.32 Å². The Bertz CT molecular complexity index is 511. The zero-order valence-electron chi connectivity index (χ0n) is 11.3. The van der Waals surface area contributed by atoms with Gasteiger partial charge in [0, 0.05) is 6.04 Å². The predicted molar refractivity (Wildman–Crippen MR) is 76.3 cm³/mol. The van der Waals surface area contributed by atoms with Gasteiger partial charge in [-0.15, -0.1) is 0 Å². The fourth-order valence-electron chi connectivity index (χ4n) is 2.70. The Morgan fingerprint density at radius 3 is 2.47 bits per heavy atom. The lowest BCUT2D eigenvalue weighted by Crippen LogP contribution is -2.32. The largest absolute Gasteiger partial charge is 0.313 e. The lowest BCUT2D eigenvalue weighted by molar-refractivity contribution is 0.430. The molecule has 4 nitrogen and oxygen atoms in total. The van der Waals surface area contributed by atoms with Crippen molar-refractivity contribution >= 4 is 10.0 Å². The van der Waals surface area contributed by atoms with Crippen molar-refractivity contribution in [3.8, 4) is 0 Å². The van der Waals surface area contributed by atoms with Gasteiger partial charge in [-0.25, -0.2) is 13.6 Å². The van der Waals surface area contributed by atoms with Crippen LogP contribution in [0.2, 0.25) is 0 Å². The summed E-state index contributed by atoms with van der Waals surface area (Å²) >= 11 is 0. The van der Waals surface area contributed by atoms with Crippen molar-refractivity contribution in [3.05, 3.63) is 29.8 Å². The summed E-state index contributed by atoms with van der Waals surface area (Å²) in [6.45, 7) is 3.23. The second-order valence-corrected chi connectivity index (χ2v) is 6.97. The highest BCUT2D eigenvalue weighted by Gasteiger charge is 2.22. The van der Waals surface area contributed by atoms with Crippen molar-refractivity contribution < 1.29 is 8.42 Å². The number of rotatable bonds is 5. The van der Waals surface area contributed by atoms with Gasteiger partial charge in [0.15, 0.2) is 0 Å². The van der Waals surface area contributed by atoms with E-state index in [-0.39, 0.29) is 4.90 Å². The molecule has 1 fully saturated rings. The summed E-state index contributed by atoms with van der Waals surface area (Å²) in [5, 5.41) is 8.65. The molecule has 19 heavy (non-hydrogen) atoms. The van der Waals surface area contributed by atoms with Crippen LogP contribution in [0.5, 0.6) is 0 Å². The number of hydrogen-bond donors (Lipinski definition) is 2. The third-order valence-electron chi connectivity index (χ3n) is 3.93. The zero-order valence-corrected chi connectivity index (χ0v) is 12.1. The average Bonchev–Trinajstić information content (AvgIpc) is 2.75. The van der Waals surface area contributed by atoms with Crippen LogP contribution in [0.1, 0.15) is 31.7 Å². The first-order valence-corrected chi connectivity index (χ1v) is 8.36. The van der Waals surface area contributed by atoms with E-state index >= 15 is 0 Å². The smallest absolute Gasteiger partial charge is 0.238 e. The summed E-state index contributed by atoms with van der Waals surface area (Å²) in [6.07, 6.45) is 4.82. The molecule has 1 aliphatic rings. The number of benzene rings is 1. The number of sulfonamides is 1. The number of primary sulfonamides is 1. The maximum absolute atomic E-state index is 11.1. The molecule has 2 unspecified atom stereocenters. The van der Waals surface area contributed by atoms with Crippen LogP contribution in [0.4, 0.5) is 0 Å². The van der Waals surface area contributed by atoms with E-state index in [1.165, 1.54) is 19.3 Å². The summed E-state index contributed by atoms with van der Waals surface area (Å²) in [5.74, 6) is 0.768. The van der Waals surface area contributed by atoms with Crippen molar-refractivity contribution in [1.29, 1.82) is 0 Å². The molecule has 2 atom stereocenters. The number of nitrogens with one attached hydrogen (secondary N) is 1. The van der Waals surface area contributed by atoms with Gasteiger partial charge >= 0.3 is 0 Å². The van der Waals surface area contributed by atoms with Gasteiger partial charge in [0.2, 0.25) is 10.0 Å². The molecule has 0 amide bonds. The molecule has 0 spiro atoms. The minimum atomic E-state index is -3.58. The monoisotopic (exact) mass is 282 g/mol. The van der Waals surface area contributed by atoms with Gasteiger partial charge in [0.25, 0.3) is 0 Å². The number of hydrogen-bond acceptors (Lipinski definition) is 3. The first-order valence-electron chi connectivity index (χ1n) is 6.82. The standard InChI is InChI=1S/C14H22N2O2S/c1-11-3-2-4-14(11)16-10-9-12-5-7-13(8-6-12)19(15,17)18/h5-8,11,14,16H,2-4,9-10H2,1H3,(H2,15,17,18). The van der Waals surface area contributed by atoms with Crippen molar-refractivity contribution in [1.82, 2.24) is 5.32 Å². The quantitative estimate of drug-likeness (QED) is 0.862. The molecular formula is C14H22N2O2S. The Balaban J connectivity index is 1.83. The Morgan fingerprint density at radius 2 is 1.95 bits per heavy atom. The molecule has 1 aromatic rings. The topological polar surface area (TPSA) is 72.2 Å². The Kier molecular flexibility index (Phi) is 4.60. The van der Waals surface area contributed by atoms with E-state index in [9.17, 15) is 8.42 Å². The second kappa shape index (κ2) is 6.03. The van der Waals surface area contributed by atoms with E-state index in [0.29, 0.717) is 6.04 Å².